The molecule has 112 valence electrons. The smallest absolute Gasteiger partial charge is 0.303 e. The molecule has 1 saturated heterocycles. The second-order valence-electron chi connectivity index (χ2n) is 5.60. The largest absolute Gasteiger partial charge is 0.329 e. The van der Waals surface area contributed by atoms with Gasteiger partial charge < -0.3 is 4.90 Å². The third-order valence-electron chi connectivity index (χ3n) is 3.85. The van der Waals surface area contributed by atoms with Crippen molar-refractivity contribution in [3.63, 3.8) is 0 Å². The monoisotopic (exact) mass is 299 g/mol. The van der Waals surface area contributed by atoms with Crippen LogP contribution in [0.3, 0.4) is 0 Å². The molecule has 2 heterocycles. The predicted molar refractivity (Wildman–Crippen MR) is 80.5 cm³/mol. The summed E-state index contributed by atoms with van der Waals surface area (Å²) in [5.41, 5.74) is -0.181. The molecule has 0 radical (unpaired) electrons. The Labute approximate surface area is 123 Å². The van der Waals surface area contributed by atoms with E-state index in [0.717, 1.165) is 19.6 Å². The highest BCUT2D eigenvalue weighted by Crippen LogP contribution is 2.11. The van der Waals surface area contributed by atoms with Crippen molar-refractivity contribution in [3.8, 4) is 0 Å². The van der Waals surface area contributed by atoms with Gasteiger partial charge in [0.05, 0.1) is 5.56 Å². The standard InChI is InChI=1S/C14H22ClN3O2/c1-3-11-12(15)16-14(20)18(13(11)19)9-10(2)8-17-6-4-5-7-17/h10H,3-9H2,1-2H3,(H,16,20). The number of hydrogen-bond acceptors (Lipinski definition) is 3. The Kier molecular flexibility index (Phi) is 5.05. The number of rotatable bonds is 5. The van der Waals surface area contributed by atoms with Gasteiger partial charge in [-0.2, -0.15) is 0 Å². The summed E-state index contributed by atoms with van der Waals surface area (Å²) in [5, 5.41) is 0.172. The average molecular weight is 300 g/mol. The predicted octanol–water partition coefficient (Wildman–Crippen LogP) is 1.48. The second kappa shape index (κ2) is 6.59. The van der Waals surface area contributed by atoms with Crippen molar-refractivity contribution in [1.29, 1.82) is 0 Å². The van der Waals surface area contributed by atoms with Crippen LogP contribution in [0.4, 0.5) is 0 Å². The third kappa shape index (κ3) is 3.33. The molecular formula is C14H22ClN3O2. The van der Waals surface area contributed by atoms with Crippen LogP contribution in [-0.2, 0) is 13.0 Å². The van der Waals surface area contributed by atoms with Crippen LogP contribution >= 0.6 is 11.6 Å². The summed E-state index contributed by atoms with van der Waals surface area (Å²) in [6, 6.07) is 0. The van der Waals surface area contributed by atoms with Gasteiger partial charge in [0, 0.05) is 13.1 Å². The molecule has 1 aromatic heterocycles. The van der Waals surface area contributed by atoms with Crippen LogP contribution in [0.2, 0.25) is 5.15 Å². The van der Waals surface area contributed by atoms with Crippen LogP contribution in [0.15, 0.2) is 9.59 Å². The highest BCUT2D eigenvalue weighted by Gasteiger charge is 2.17. The first kappa shape index (κ1) is 15.3. The SMILES string of the molecule is CCc1c(Cl)[nH]c(=O)n(CC(C)CN2CCCC2)c1=O. The van der Waals surface area contributed by atoms with Crippen LogP contribution in [0.25, 0.3) is 0 Å². The van der Waals surface area contributed by atoms with Crippen LogP contribution in [0, 0.1) is 5.92 Å². The first-order valence-corrected chi connectivity index (χ1v) is 7.64. The first-order valence-electron chi connectivity index (χ1n) is 7.26. The highest BCUT2D eigenvalue weighted by molar-refractivity contribution is 6.30. The Morgan fingerprint density at radius 2 is 1.90 bits per heavy atom. The van der Waals surface area contributed by atoms with Gasteiger partial charge in [0.1, 0.15) is 5.15 Å². The minimum Gasteiger partial charge on any atom is -0.303 e. The average Bonchev–Trinajstić information content (AvgIpc) is 2.87. The number of aromatic amines is 1. The molecule has 0 amide bonds. The number of likely N-dealkylation sites (tertiary alicyclic amines) is 1. The van der Waals surface area contributed by atoms with Gasteiger partial charge >= 0.3 is 5.69 Å². The van der Waals surface area contributed by atoms with Crippen molar-refractivity contribution in [2.24, 2.45) is 5.92 Å². The van der Waals surface area contributed by atoms with Gasteiger partial charge in [-0.05, 0) is 38.3 Å². The fraction of sp³-hybridized carbons (Fsp3) is 0.714. The summed E-state index contributed by atoms with van der Waals surface area (Å²) in [4.78, 5) is 29.1. The molecule has 0 aliphatic carbocycles. The second-order valence-corrected chi connectivity index (χ2v) is 5.98. The van der Waals surface area contributed by atoms with Crippen LogP contribution in [-0.4, -0.2) is 34.1 Å². The van der Waals surface area contributed by atoms with E-state index in [1.54, 1.807) is 0 Å². The van der Waals surface area contributed by atoms with E-state index < -0.39 is 5.69 Å². The van der Waals surface area contributed by atoms with Crippen molar-refractivity contribution < 1.29 is 0 Å². The molecule has 2 rings (SSSR count). The highest BCUT2D eigenvalue weighted by atomic mass is 35.5. The maximum absolute atomic E-state index is 12.3. The molecule has 0 spiro atoms. The summed E-state index contributed by atoms with van der Waals surface area (Å²) in [6.07, 6.45) is 3.01. The topological polar surface area (TPSA) is 58.1 Å². The van der Waals surface area contributed by atoms with E-state index in [1.807, 2.05) is 6.92 Å². The lowest BCUT2D eigenvalue weighted by molar-refractivity contribution is 0.268. The molecule has 0 aromatic carbocycles. The minimum atomic E-state index is -0.412. The fourth-order valence-corrected chi connectivity index (χ4v) is 3.13. The molecular weight excluding hydrogens is 278 g/mol. The maximum Gasteiger partial charge on any atom is 0.329 e. The lowest BCUT2D eigenvalue weighted by Gasteiger charge is -2.20. The summed E-state index contributed by atoms with van der Waals surface area (Å²) in [5.74, 6) is 0.262. The number of aromatic nitrogens is 2. The quantitative estimate of drug-likeness (QED) is 0.838. The van der Waals surface area contributed by atoms with Gasteiger partial charge in [0.2, 0.25) is 0 Å². The molecule has 6 heteroatoms. The number of hydrogen-bond donors (Lipinski definition) is 1. The van der Waals surface area contributed by atoms with Crippen molar-refractivity contribution in [3.05, 3.63) is 31.6 Å². The van der Waals surface area contributed by atoms with E-state index in [1.165, 1.54) is 17.4 Å². The maximum atomic E-state index is 12.3. The van der Waals surface area contributed by atoms with Gasteiger partial charge in [-0.25, -0.2) is 4.79 Å². The van der Waals surface area contributed by atoms with Crippen molar-refractivity contribution in [2.45, 2.75) is 39.7 Å². The lowest BCUT2D eigenvalue weighted by Crippen LogP contribution is -2.40. The molecule has 1 unspecified atom stereocenters. The molecule has 20 heavy (non-hydrogen) atoms. The molecule has 1 N–H and O–H groups in total. The Morgan fingerprint density at radius 3 is 2.50 bits per heavy atom. The van der Waals surface area contributed by atoms with E-state index in [2.05, 4.69) is 16.8 Å². The van der Waals surface area contributed by atoms with E-state index in [9.17, 15) is 9.59 Å². The van der Waals surface area contributed by atoms with Gasteiger partial charge in [0.25, 0.3) is 5.56 Å². The molecule has 1 aliphatic rings. The molecule has 5 nitrogen and oxygen atoms in total. The molecule has 1 fully saturated rings. The zero-order valence-corrected chi connectivity index (χ0v) is 12.9. The van der Waals surface area contributed by atoms with Crippen LogP contribution < -0.4 is 11.2 Å². The summed E-state index contributed by atoms with van der Waals surface area (Å²) in [7, 11) is 0. The number of halogens is 1. The summed E-state index contributed by atoms with van der Waals surface area (Å²) < 4.78 is 1.28. The fourth-order valence-electron chi connectivity index (χ4n) is 2.83. The third-order valence-corrected chi connectivity index (χ3v) is 4.17. The van der Waals surface area contributed by atoms with Gasteiger partial charge in [0.15, 0.2) is 0 Å². The van der Waals surface area contributed by atoms with Gasteiger partial charge in [-0.15, -0.1) is 0 Å². The number of H-pyrrole nitrogens is 1. The molecule has 1 aromatic rings. The van der Waals surface area contributed by atoms with Gasteiger partial charge in [-0.1, -0.05) is 25.4 Å². The van der Waals surface area contributed by atoms with E-state index in [-0.39, 0.29) is 16.6 Å². The first-order chi connectivity index (χ1) is 9.52. The van der Waals surface area contributed by atoms with Gasteiger partial charge in [-0.3, -0.25) is 14.3 Å². The molecule has 0 bridgehead atoms. The zero-order chi connectivity index (χ0) is 14.7. The Bertz CT molecular complexity index is 573. The molecule has 0 saturated carbocycles. The van der Waals surface area contributed by atoms with Crippen LogP contribution in [0.5, 0.6) is 0 Å². The number of nitrogens with zero attached hydrogens (tertiary/aromatic N) is 2. The van der Waals surface area contributed by atoms with Crippen molar-refractivity contribution in [2.75, 3.05) is 19.6 Å². The lowest BCUT2D eigenvalue weighted by atomic mass is 10.1. The van der Waals surface area contributed by atoms with E-state index in [4.69, 9.17) is 11.6 Å². The summed E-state index contributed by atoms with van der Waals surface area (Å²) >= 11 is 5.90. The van der Waals surface area contributed by atoms with E-state index in [0.29, 0.717) is 18.5 Å². The Hall–Kier alpha value is -1.07. The molecule has 1 aliphatic heterocycles. The van der Waals surface area contributed by atoms with Crippen molar-refractivity contribution >= 4 is 11.6 Å². The van der Waals surface area contributed by atoms with Crippen LogP contribution in [0.1, 0.15) is 32.3 Å². The summed E-state index contributed by atoms with van der Waals surface area (Å²) in [6.45, 7) is 7.54. The minimum absolute atomic E-state index is 0.172. The Balaban J connectivity index is 2.16. The Morgan fingerprint density at radius 1 is 1.25 bits per heavy atom. The number of nitrogens with one attached hydrogen (secondary N) is 1. The van der Waals surface area contributed by atoms with E-state index >= 15 is 0 Å². The normalized spacial score (nSPS) is 17.6. The molecule has 1 atom stereocenters. The van der Waals surface area contributed by atoms with Crippen molar-refractivity contribution in [1.82, 2.24) is 14.5 Å². The zero-order valence-electron chi connectivity index (χ0n) is 12.1.